The summed E-state index contributed by atoms with van der Waals surface area (Å²) in [6.07, 6.45) is 6.09. The summed E-state index contributed by atoms with van der Waals surface area (Å²) in [6.45, 7) is 9.12. The Bertz CT molecular complexity index is 847. The van der Waals surface area contributed by atoms with Gasteiger partial charge in [-0.25, -0.2) is 0 Å². The molecule has 148 valence electrons. The van der Waals surface area contributed by atoms with E-state index in [4.69, 9.17) is 12.2 Å². The smallest absolute Gasteiger partial charge is 0.267 e. The SMILES string of the molecule is C=CCN1C(=O)/C(=C2\SC(=S)N(C[C@@H](CC)CCCC)C2=O)c2ccccc21. The zero-order chi connectivity index (χ0) is 20.3. The molecule has 0 aromatic heterocycles. The van der Waals surface area contributed by atoms with E-state index in [9.17, 15) is 9.59 Å². The fraction of sp³-hybridized carbons (Fsp3) is 0.409. The van der Waals surface area contributed by atoms with Crippen LogP contribution in [0.2, 0.25) is 0 Å². The molecule has 1 aromatic rings. The summed E-state index contributed by atoms with van der Waals surface area (Å²) in [5.74, 6) is 0.138. The maximum atomic E-state index is 13.2. The van der Waals surface area contributed by atoms with Gasteiger partial charge in [0.1, 0.15) is 4.32 Å². The lowest BCUT2D eigenvalue weighted by atomic mass is 9.98. The summed E-state index contributed by atoms with van der Waals surface area (Å²) in [5, 5.41) is 0. The van der Waals surface area contributed by atoms with Gasteiger partial charge in [0.25, 0.3) is 11.8 Å². The van der Waals surface area contributed by atoms with Crippen LogP contribution >= 0.6 is 24.0 Å². The molecule has 0 N–H and O–H groups in total. The lowest BCUT2D eigenvalue weighted by Crippen LogP contribution is -2.33. The van der Waals surface area contributed by atoms with Crippen LogP contribution in [-0.4, -0.2) is 34.1 Å². The van der Waals surface area contributed by atoms with E-state index >= 15 is 0 Å². The monoisotopic (exact) mass is 414 g/mol. The predicted molar refractivity (Wildman–Crippen MR) is 121 cm³/mol. The number of rotatable bonds is 8. The van der Waals surface area contributed by atoms with Crippen LogP contribution in [0.15, 0.2) is 41.8 Å². The molecule has 0 saturated carbocycles. The molecule has 0 radical (unpaired) electrons. The Kier molecular flexibility index (Phi) is 6.73. The molecule has 2 aliphatic rings. The van der Waals surface area contributed by atoms with E-state index in [-0.39, 0.29) is 11.8 Å². The van der Waals surface area contributed by atoms with Crippen molar-refractivity contribution in [3.8, 4) is 0 Å². The number of carbonyl (C=O) groups excluding carboxylic acids is 2. The summed E-state index contributed by atoms with van der Waals surface area (Å²) < 4.78 is 0.551. The van der Waals surface area contributed by atoms with Gasteiger partial charge in [0, 0.05) is 18.7 Å². The highest BCUT2D eigenvalue weighted by Crippen LogP contribution is 2.44. The third-order valence-corrected chi connectivity index (χ3v) is 6.74. The minimum Gasteiger partial charge on any atom is -0.304 e. The average molecular weight is 415 g/mol. The number of fused-ring (bicyclic) bond motifs is 1. The molecule has 28 heavy (non-hydrogen) atoms. The van der Waals surface area contributed by atoms with E-state index in [1.165, 1.54) is 11.8 Å². The predicted octanol–water partition coefficient (Wildman–Crippen LogP) is 5.01. The third-order valence-electron chi connectivity index (χ3n) is 5.30. The van der Waals surface area contributed by atoms with Crippen molar-refractivity contribution in [3.05, 3.63) is 47.4 Å². The summed E-state index contributed by atoms with van der Waals surface area (Å²) in [7, 11) is 0. The fourth-order valence-corrected chi connectivity index (χ4v) is 5.04. The van der Waals surface area contributed by atoms with E-state index in [1.54, 1.807) is 15.9 Å². The van der Waals surface area contributed by atoms with Crippen LogP contribution in [0, 0.1) is 5.92 Å². The number of para-hydroxylation sites is 1. The molecular weight excluding hydrogens is 388 g/mol. The van der Waals surface area contributed by atoms with Crippen molar-refractivity contribution < 1.29 is 9.59 Å². The van der Waals surface area contributed by atoms with Gasteiger partial charge in [-0.2, -0.15) is 0 Å². The average Bonchev–Trinajstić information content (AvgIpc) is 3.13. The van der Waals surface area contributed by atoms with Crippen LogP contribution < -0.4 is 4.90 Å². The Hall–Kier alpha value is -1.92. The second kappa shape index (κ2) is 9.05. The second-order valence-corrected chi connectivity index (χ2v) is 8.77. The molecule has 6 heteroatoms. The standard InChI is InChI=1S/C22H26N2O2S2/c1-4-7-10-15(6-3)14-24-21(26)19(28-22(24)27)18-16-11-8-9-12-17(16)23(13-5-2)20(18)25/h5,8-9,11-12,15H,2,4,6-7,10,13-14H2,1,3H3/b19-18-/t15-/m0/s1. The summed E-state index contributed by atoms with van der Waals surface area (Å²) in [4.78, 5) is 30.1. The number of benzene rings is 1. The van der Waals surface area contributed by atoms with Gasteiger partial charge in [-0.3, -0.25) is 14.5 Å². The van der Waals surface area contributed by atoms with Gasteiger partial charge in [-0.05, 0) is 18.4 Å². The number of hydrogen-bond donors (Lipinski definition) is 0. The molecule has 1 aromatic carbocycles. The quantitative estimate of drug-likeness (QED) is 0.341. The molecule has 1 atom stereocenters. The number of nitrogens with zero attached hydrogens (tertiary/aromatic N) is 2. The van der Waals surface area contributed by atoms with Crippen molar-refractivity contribution in [2.45, 2.75) is 39.5 Å². The van der Waals surface area contributed by atoms with Gasteiger partial charge in [0.05, 0.1) is 16.2 Å². The normalized spacial score (nSPS) is 20.1. The first-order valence-electron chi connectivity index (χ1n) is 9.83. The summed E-state index contributed by atoms with van der Waals surface area (Å²) in [5.41, 5.74) is 2.09. The first-order valence-corrected chi connectivity index (χ1v) is 11.1. The van der Waals surface area contributed by atoms with Crippen molar-refractivity contribution in [2.24, 2.45) is 5.92 Å². The molecule has 2 heterocycles. The maximum Gasteiger partial charge on any atom is 0.267 e. The van der Waals surface area contributed by atoms with E-state index in [0.29, 0.717) is 33.8 Å². The van der Waals surface area contributed by atoms with Crippen LogP contribution in [0.25, 0.3) is 5.57 Å². The Labute approximate surface area is 176 Å². The zero-order valence-electron chi connectivity index (χ0n) is 16.4. The van der Waals surface area contributed by atoms with E-state index in [2.05, 4.69) is 20.4 Å². The van der Waals surface area contributed by atoms with Crippen LogP contribution in [0.1, 0.15) is 45.1 Å². The molecule has 0 aliphatic carbocycles. The second-order valence-electron chi connectivity index (χ2n) is 7.13. The van der Waals surface area contributed by atoms with E-state index in [1.807, 2.05) is 24.3 Å². The number of thioether (sulfide) groups is 1. The molecule has 0 spiro atoms. The molecule has 0 unspecified atom stereocenters. The van der Waals surface area contributed by atoms with E-state index in [0.717, 1.165) is 36.9 Å². The number of carbonyl (C=O) groups is 2. The summed E-state index contributed by atoms with van der Waals surface area (Å²) >= 11 is 6.78. The van der Waals surface area contributed by atoms with Crippen LogP contribution in [0.3, 0.4) is 0 Å². The van der Waals surface area contributed by atoms with Gasteiger partial charge in [-0.1, -0.05) is 81.4 Å². The first-order chi connectivity index (χ1) is 13.5. The minimum absolute atomic E-state index is 0.136. The lowest BCUT2D eigenvalue weighted by Gasteiger charge is -2.21. The third kappa shape index (κ3) is 3.80. The van der Waals surface area contributed by atoms with Crippen LogP contribution in [0.4, 0.5) is 5.69 Å². The number of anilines is 1. The van der Waals surface area contributed by atoms with E-state index < -0.39 is 0 Å². The highest BCUT2D eigenvalue weighted by Gasteiger charge is 2.41. The molecular formula is C22H26N2O2S2. The van der Waals surface area contributed by atoms with Crippen molar-refractivity contribution in [1.82, 2.24) is 4.90 Å². The number of unbranched alkanes of at least 4 members (excludes halogenated alkanes) is 1. The van der Waals surface area contributed by atoms with Gasteiger partial charge in [0.2, 0.25) is 0 Å². The number of amides is 2. The minimum atomic E-state index is -0.153. The molecule has 1 saturated heterocycles. The Balaban J connectivity index is 1.94. The largest absolute Gasteiger partial charge is 0.304 e. The Morgan fingerprint density at radius 3 is 2.61 bits per heavy atom. The summed E-state index contributed by atoms with van der Waals surface area (Å²) in [6, 6.07) is 7.59. The topological polar surface area (TPSA) is 40.6 Å². The van der Waals surface area contributed by atoms with Gasteiger partial charge < -0.3 is 4.90 Å². The van der Waals surface area contributed by atoms with Crippen molar-refractivity contribution >= 4 is 51.4 Å². The van der Waals surface area contributed by atoms with Gasteiger partial charge >= 0.3 is 0 Å². The maximum absolute atomic E-state index is 13.2. The van der Waals surface area contributed by atoms with Crippen molar-refractivity contribution in [1.29, 1.82) is 0 Å². The molecule has 0 bridgehead atoms. The van der Waals surface area contributed by atoms with Crippen LogP contribution in [-0.2, 0) is 9.59 Å². The molecule has 2 amide bonds. The Morgan fingerprint density at radius 1 is 1.18 bits per heavy atom. The number of hydrogen-bond acceptors (Lipinski definition) is 4. The zero-order valence-corrected chi connectivity index (χ0v) is 18.1. The van der Waals surface area contributed by atoms with Crippen molar-refractivity contribution in [3.63, 3.8) is 0 Å². The van der Waals surface area contributed by atoms with Crippen LogP contribution in [0.5, 0.6) is 0 Å². The molecule has 2 aliphatic heterocycles. The Morgan fingerprint density at radius 2 is 1.93 bits per heavy atom. The lowest BCUT2D eigenvalue weighted by molar-refractivity contribution is -0.123. The fourth-order valence-electron chi connectivity index (χ4n) is 3.69. The first kappa shape index (κ1) is 20.8. The molecule has 1 fully saturated rings. The van der Waals surface area contributed by atoms with Crippen molar-refractivity contribution in [2.75, 3.05) is 18.0 Å². The molecule has 4 nitrogen and oxygen atoms in total. The highest BCUT2D eigenvalue weighted by molar-refractivity contribution is 8.26. The number of thiocarbonyl (C=S) groups is 1. The highest BCUT2D eigenvalue weighted by atomic mass is 32.2. The van der Waals surface area contributed by atoms with Gasteiger partial charge in [-0.15, -0.1) is 6.58 Å². The molecule has 3 rings (SSSR count). The van der Waals surface area contributed by atoms with Gasteiger partial charge in [0.15, 0.2) is 0 Å².